The van der Waals surface area contributed by atoms with Gasteiger partial charge in [-0.05, 0) is 24.3 Å². The molecule has 0 aliphatic heterocycles. The van der Waals surface area contributed by atoms with Gasteiger partial charge in [0.05, 0.1) is 19.7 Å². The Morgan fingerprint density at radius 3 is 2.53 bits per heavy atom. The van der Waals surface area contributed by atoms with Crippen molar-refractivity contribution in [3.05, 3.63) is 29.8 Å². The van der Waals surface area contributed by atoms with Crippen LogP contribution < -0.4 is 0 Å². The van der Waals surface area contributed by atoms with Crippen LogP contribution in [0.5, 0.6) is 5.75 Å². The average molecular weight is 230 g/mol. The van der Waals surface area contributed by atoms with Gasteiger partial charge in [0.2, 0.25) is 0 Å². The topological polar surface area (TPSA) is 49.8 Å². The maximum atomic E-state index is 11.6. The predicted molar refractivity (Wildman–Crippen MR) is 56.9 cm³/mol. The maximum absolute atomic E-state index is 11.6. The third-order valence-corrected chi connectivity index (χ3v) is 2.17. The molecular weight excluding hydrogens is 218 g/mol. The zero-order chi connectivity index (χ0) is 11.3. The lowest BCUT2D eigenvalue weighted by molar-refractivity contribution is -0.107. The van der Waals surface area contributed by atoms with Gasteiger partial charge >= 0.3 is 0 Å². The summed E-state index contributed by atoms with van der Waals surface area (Å²) in [6.07, 6.45) is 0. The van der Waals surface area contributed by atoms with Gasteiger partial charge < -0.3 is 9.94 Å². The third-order valence-electron chi connectivity index (χ3n) is 1.90. The van der Waals surface area contributed by atoms with E-state index in [2.05, 4.69) is 0 Å². The van der Waals surface area contributed by atoms with Crippen LogP contribution in [0.25, 0.3) is 0 Å². The molecule has 4 nitrogen and oxygen atoms in total. The molecule has 0 bridgehead atoms. The Labute approximate surface area is 93.0 Å². The number of benzene rings is 1. The average Bonchev–Trinajstić information content (AvgIpc) is 2.26. The number of phenols is 1. The lowest BCUT2D eigenvalue weighted by Gasteiger charge is -2.14. The van der Waals surface area contributed by atoms with Crippen molar-refractivity contribution >= 4 is 17.4 Å². The van der Waals surface area contributed by atoms with E-state index < -0.39 is 0 Å². The van der Waals surface area contributed by atoms with Crippen LogP contribution in [-0.4, -0.2) is 35.6 Å². The molecule has 0 aromatic heterocycles. The number of ketones is 1. The molecule has 0 unspecified atom stereocenters. The minimum Gasteiger partial charge on any atom is -0.508 e. The van der Waals surface area contributed by atoms with Crippen LogP contribution in [0.1, 0.15) is 10.4 Å². The summed E-state index contributed by atoms with van der Waals surface area (Å²) in [7, 11) is 1.45. The highest BCUT2D eigenvalue weighted by Gasteiger charge is 2.11. The molecule has 0 aliphatic carbocycles. The van der Waals surface area contributed by atoms with Crippen LogP contribution in [0.2, 0.25) is 0 Å². The minimum absolute atomic E-state index is 0.0881. The van der Waals surface area contributed by atoms with Crippen LogP contribution in [0.4, 0.5) is 0 Å². The smallest absolute Gasteiger partial charge is 0.179 e. The van der Waals surface area contributed by atoms with Gasteiger partial charge in [-0.3, -0.25) is 4.79 Å². The number of Topliss-reactive ketones (excluding diaryl/α,β-unsaturated/α-hetero) is 1. The normalized spacial score (nSPS) is 10.6. The number of hydroxylamine groups is 2. The summed E-state index contributed by atoms with van der Waals surface area (Å²) in [5.41, 5.74) is 0.514. The first-order valence-electron chi connectivity index (χ1n) is 4.34. The number of carbonyl (C=O) groups is 1. The summed E-state index contributed by atoms with van der Waals surface area (Å²) in [5.74, 6) is 0.0185. The van der Waals surface area contributed by atoms with Gasteiger partial charge in [0.1, 0.15) is 5.75 Å². The molecule has 0 atom stereocenters. The number of hydrogen-bond acceptors (Lipinski definition) is 4. The molecule has 5 heteroatoms. The molecule has 1 rings (SSSR count). The molecule has 0 amide bonds. The second kappa shape index (κ2) is 5.70. The molecule has 0 saturated carbocycles. The second-order valence-electron chi connectivity index (χ2n) is 2.91. The van der Waals surface area contributed by atoms with Crippen LogP contribution >= 0.6 is 11.6 Å². The van der Waals surface area contributed by atoms with Crippen molar-refractivity contribution in [1.29, 1.82) is 0 Å². The lowest BCUT2D eigenvalue weighted by atomic mass is 10.1. The van der Waals surface area contributed by atoms with Gasteiger partial charge in [0.25, 0.3) is 0 Å². The Balaban J connectivity index is 2.64. The SMILES string of the molecule is CON(CCl)CC(=O)c1ccc(O)cc1. The quantitative estimate of drug-likeness (QED) is 0.361. The Hall–Kier alpha value is -1.10. The molecule has 1 N–H and O–H groups in total. The molecule has 1 aromatic carbocycles. The van der Waals surface area contributed by atoms with Crippen molar-refractivity contribution in [2.45, 2.75) is 0 Å². The van der Waals surface area contributed by atoms with Crippen LogP contribution in [0.15, 0.2) is 24.3 Å². The zero-order valence-corrected chi connectivity index (χ0v) is 9.07. The number of rotatable bonds is 5. The molecule has 0 radical (unpaired) electrons. The van der Waals surface area contributed by atoms with Crippen molar-refractivity contribution in [1.82, 2.24) is 5.06 Å². The van der Waals surface area contributed by atoms with Gasteiger partial charge in [-0.2, -0.15) is 5.06 Å². The molecule has 0 heterocycles. The summed E-state index contributed by atoms with van der Waals surface area (Å²) in [5, 5.41) is 10.4. The van der Waals surface area contributed by atoms with Crippen molar-refractivity contribution in [2.24, 2.45) is 0 Å². The summed E-state index contributed by atoms with van der Waals surface area (Å²) < 4.78 is 0. The number of nitrogens with zero attached hydrogens (tertiary/aromatic N) is 1. The Bertz CT molecular complexity index is 322. The molecule has 0 spiro atoms. The van der Waals surface area contributed by atoms with Gasteiger partial charge in [-0.1, -0.05) is 0 Å². The number of carbonyl (C=O) groups excluding carboxylic acids is 1. The first kappa shape index (κ1) is 12.0. The van der Waals surface area contributed by atoms with E-state index in [1.807, 2.05) is 0 Å². The van der Waals surface area contributed by atoms with E-state index in [4.69, 9.17) is 21.5 Å². The fourth-order valence-electron chi connectivity index (χ4n) is 1.05. The van der Waals surface area contributed by atoms with E-state index in [0.29, 0.717) is 5.56 Å². The van der Waals surface area contributed by atoms with Crippen LogP contribution in [-0.2, 0) is 4.84 Å². The van der Waals surface area contributed by atoms with E-state index in [9.17, 15) is 4.79 Å². The fraction of sp³-hybridized carbons (Fsp3) is 0.300. The van der Waals surface area contributed by atoms with E-state index in [1.54, 1.807) is 12.1 Å². The lowest BCUT2D eigenvalue weighted by Crippen LogP contribution is -2.27. The van der Waals surface area contributed by atoms with Crippen molar-refractivity contribution in [2.75, 3.05) is 19.7 Å². The summed E-state index contributed by atoms with van der Waals surface area (Å²) in [4.78, 5) is 16.5. The highest BCUT2D eigenvalue weighted by molar-refractivity contribution is 6.17. The van der Waals surface area contributed by atoms with Crippen molar-refractivity contribution in [3.8, 4) is 5.75 Å². The summed E-state index contributed by atoms with van der Waals surface area (Å²) in [6.45, 7) is 0.0881. The molecule has 82 valence electrons. The Morgan fingerprint density at radius 2 is 2.07 bits per heavy atom. The van der Waals surface area contributed by atoms with Crippen LogP contribution in [0.3, 0.4) is 0 Å². The summed E-state index contributed by atoms with van der Waals surface area (Å²) in [6, 6.07) is 6.16. The van der Waals surface area contributed by atoms with E-state index in [-0.39, 0.29) is 24.1 Å². The van der Waals surface area contributed by atoms with Gasteiger partial charge in [-0.25, -0.2) is 0 Å². The van der Waals surface area contributed by atoms with Crippen LogP contribution in [0, 0.1) is 0 Å². The highest BCUT2D eigenvalue weighted by Crippen LogP contribution is 2.10. The largest absolute Gasteiger partial charge is 0.508 e. The standard InChI is InChI=1S/C10H12ClNO3/c1-15-12(7-11)6-10(14)8-2-4-9(13)5-3-8/h2-5,13H,6-7H2,1H3. The van der Waals surface area contributed by atoms with Crippen molar-refractivity contribution < 1.29 is 14.7 Å². The minimum atomic E-state index is -0.113. The number of aromatic hydroxyl groups is 1. The maximum Gasteiger partial charge on any atom is 0.179 e. The molecule has 1 aromatic rings. The zero-order valence-electron chi connectivity index (χ0n) is 8.31. The molecule has 0 fully saturated rings. The first-order chi connectivity index (χ1) is 7.17. The molecule has 0 saturated heterocycles. The van der Waals surface area contributed by atoms with E-state index in [0.717, 1.165) is 0 Å². The second-order valence-corrected chi connectivity index (χ2v) is 3.15. The number of hydrogen-bond donors (Lipinski definition) is 1. The van der Waals surface area contributed by atoms with Gasteiger partial charge in [0, 0.05) is 5.56 Å². The van der Waals surface area contributed by atoms with E-state index in [1.165, 1.54) is 24.3 Å². The Morgan fingerprint density at radius 1 is 1.47 bits per heavy atom. The van der Waals surface area contributed by atoms with Gasteiger partial charge in [-0.15, -0.1) is 11.6 Å². The highest BCUT2D eigenvalue weighted by atomic mass is 35.5. The van der Waals surface area contributed by atoms with Crippen molar-refractivity contribution in [3.63, 3.8) is 0 Å². The number of alkyl halides is 1. The molecular formula is C10H12ClNO3. The first-order valence-corrected chi connectivity index (χ1v) is 4.88. The number of halogens is 1. The number of phenolic OH excluding ortho intramolecular Hbond substituents is 1. The third kappa shape index (κ3) is 3.51. The molecule has 0 aliphatic rings. The Kier molecular flexibility index (Phi) is 4.55. The fourth-order valence-corrected chi connectivity index (χ4v) is 1.24. The van der Waals surface area contributed by atoms with E-state index >= 15 is 0 Å². The summed E-state index contributed by atoms with van der Waals surface area (Å²) >= 11 is 5.53. The predicted octanol–water partition coefficient (Wildman–Crippen LogP) is 1.63. The monoisotopic (exact) mass is 229 g/mol. The van der Waals surface area contributed by atoms with Gasteiger partial charge in [0.15, 0.2) is 5.78 Å². The molecule has 15 heavy (non-hydrogen) atoms.